The van der Waals surface area contributed by atoms with Gasteiger partial charge in [-0.2, -0.15) is 0 Å². The zero-order chi connectivity index (χ0) is 17.7. The Balaban J connectivity index is 2.02. The molecule has 3 N–H and O–H groups in total. The van der Waals surface area contributed by atoms with E-state index in [2.05, 4.69) is 18.1 Å². The van der Waals surface area contributed by atoms with E-state index in [1.165, 1.54) is 19.1 Å². The first-order valence-electron chi connectivity index (χ1n) is 7.41. The highest BCUT2D eigenvalue weighted by atomic mass is 35.5. The molecular weight excluding hydrogens is 348 g/mol. The Morgan fingerprint density at radius 1 is 1.33 bits per heavy atom. The molecule has 0 aliphatic heterocycles. The Labute approximate surface area is 151 Å². The molecule has 0 saturated carbocycles. The SMILES string of the molecule is CC(O)c1cc(N(S)C(=O)NCCc2ccccc2)cc(Cl)c1O. The summed E-state index contributed by atoms with van der Waals surface area (Å²) in [6.45, 7) is 1.95. The maximum absolute atomic E-state index is 12.2. The fraction of sp³-hybridized carbons (Fsp3) is 0.235. The van der Waals surface area contributed by atoms with Crippen molar-refractivity contribution in [2.75, 3.05) is 10.8 Å². The molecule has 0 radical (unpaired) electrons. The predicted molar refractivity (Wildman–Crippen MR) is 98.8 cm³/mol. The van der Waals surface area contributed by atoms with Crippen LogP contribution in [0.1, 0.15) is 24.2 Å². The number of hydrogen-bond acceptors (Lipinski definition) is 4. The number of thiol groups is 1. The summed E-state index contributed by atoms with van der Waals surface area (Å²) < 4.78 is 1.09. The number of phenols is 1. The lowest BCUT2D eigenvalue weighted by molar-refractivity contribution is 0.195. The molecule has 2 rings (SSSR count). The fourth-order valence-electron chi connectivity index (χ4n) is 2.20. The lowest BCUT2D eigenvalue weighted by Crippen LogP contribution is -2.35. The van der Waals surface area contributed by atoms with E-state index in [9.17, 15) is 15.0 Å². The van der Waals surface area contributed by atoms with Gasteiger partial charge in [0.25, 0.3) is 0 Å². The number of amides is 2. The topological polar surface area (TPSA) is 72.8 Å². The van der Waals surface area contributed by atoms with E-state index < -0.39 is 12.1 Å². The average molecular weight is 367 g/mol. The number of nitrogens with zero attached hydrogens (tertiary/aromatic N) is 1. The first kappa shape index (κ1) is 18.4. The summed E-state index contributed by atoms with van der Waals surface area (Å²) in [7, 11) is 0. The summed E-state index contributed by atoms with van der Waals surface area (Å²) in [6, 6.07) is 12.2. The molecule has 0 aliphatic rings. The highest BCUT2D eigenvalue weighted by molar-refractivity contribution is 7.82. The molecule has 1 unspecified atom stereocenters. The highest BCUT2D eigenvalue weighted by Crippen LogP contribution is 2.36. The van der Waals surface area contributed by atoms with Gasteiger partial charge in [-0.15, -0.1) is 0 Å². The molecule has 0 fully saturated rings. The number of aliphatic hydroxyl groups is 1. The number of phenolic OH excluding ortho intramolecular Hbond substituents is 1. The molecule has 1 atom stereocenters. The van der Waals surface area contributed by atoms with Crippen LogP contribution in [0.15, 0.2) is 42.5 Å². The van der Waals surface area contributed by atoms with E-state index in [-0.39, 0.29) is 16.3 Å². The van der Waals surface area contributed by atoms with Crippen molar-refractivity contribution < 1.29 is 15.0 Å². The molecule has 0 bridgehead atoms. The molecule has 7 heteroatoms. The number of rotatable bonds is 5. The molecule has 0 heterocycles. The fourth-order valence-corrected chi connectivity index (χ4v) is 2.60. The minimum Gasteiger partial charge on any atom is -0.506 e. The van der Waals surface area contributed by atoms with Crippen molar-refractivity contribution in [3.05, 3.63) is 58.6 Å². The summed E-state index contributed by atoms with van der Waals surface area (Å²) in [6.07, 6.45) is -0.228. The first-order chi connectivity index (χ1) is 11.4. The summed E-state index contributed by atoms with van der Waals surface area (Å²) >= 11 is 10.1. The van der Waals surface area contributed by atoms with Crippen LogP contribution in [0.5, 0.6) is 5.75 Å². The number of nitrogens with one attached hydrogen (secondary N) is 1. The van der Waals surface area contributed by atoms with Crippen molar-refractivity contribution in [1.82, 2.24) is 5.32 Å². The third-order valence-electron chi connectivity index (χ3n) is 3.50. The van der Waals surface area contributed by atoms with Crippen molar-refractivity contribution in [1.29, 1.82) is 0 Å². The number of benzene rings is 2. The van der Waals surface area contributed by atoms with Gasteiger partial charge in [-0.25, -0.2) is 9.10 Å². The van der Waals surface area contributed by atoms with Crippen molar-refractivity contribution in [3.8, 4) is 5.75 Å². The van der Waals surface area contributed by atoms with Crippen LogP contribution >= 0.6 is 24.4 Å². The molecule has 24 heavy (non-hydrogen) atoms. The van der Waals surface area contributed by atoms with Crippen LogP contribution in [0.25, 0.3) is 0 Å². The summed E-state index contributed by atoms with van der Waals surface area (Å²) in [4.78, 5) is 12.2. The van der Waals surface area contributed by atoms with E-state index >= 15 is 0 Å². The number of halogens is 1. The van der Waals surface area contributed by atoms with Gasteiger partial charge in [0.05, 0.1) is 16.8 Å². The smallest absolute Gasteiger partial charge is 0.331 e. The number of carbonyl (C=O) groups excluding carboxylic acids is 1. The summed E-state index contributed by atoms with van der Waals surface area (Å²) in [5.74, 6) is -0.207. The molecule has 5 nitrogen and oxygen atoms in total. The van der Waals surface area contributed by atoms with Crippen molar-refractivity contribution in [2.24, 2.45) is 0 Å². The van der Waals surface area contributed by atoms with Crippen LogP contribution in [-0.4, -0.2) is 22.8 Å². The van der Waals surface area contributed by atoms with Gasteiger partial charge < -0.3 is 15.5 Å². The number of carbonyl (C=O) groups is 1. The summed E-state index contributed by atoms with van der Waals surface area (Å²) in [5.41, 5.74) is 1.70. The number of urea groups is 1. The van der Waals surface area contributed by atoms with E-state index in [1.54, 1.807) is 0 Å². The van der Waals surface area contributed by atoms with Gasteiger partial charge >= 0.3 is 6.03 Å². The minimum absolute atomic E-state index is 0.0412. The maximum Gasteiger partial charge on any atom is 0.331 e. The first-order valence-corrected chi connectivity index (χ1v) is 8.19. The van der Waals surface area contributed by atoms with Crippen LogP contribution in [-0.2, 0) is 6.42 Å². The third-order valence-corrected chi connectivity index (χ3v) is 4.20. The largest absolute Gasteiger partial charge is 0.506 e. The molecule has 2 amide bonds. The van der Waals surface area contributed by atoms with Crippen LogP contribution in [0.4, 0.5) is 10.5 Å². The molecule has 2 aromatic carbocycles. The Morgan fingerprint density at radius 2 is 2.00 bits per heavy atom. The number of anilines is 1. The van der Waals surface area contributed by atoms with Gasteiger partial charge in [-0.1, -0.05) is 54.7 Å². The molecule has 0 spiro atoms. The van der Waals surface area contributed by atoms with E-state index in [0.29, 0.717) is 18.7 Å². The van der Waals surface area contributed by atoms with Crippen LogP contribution in [0.3, 0.4) is 0 Å². The van der Waals surface area contributed by atoms with E-state index in [4.69, 9.17) is 11.6 Å². The number of hydrogen-bond donors (Lipinski definition) is 4. The highest BCUT2D eigenvalue weighted by Gasteiger charge is 2.18. The standard InChI is InChI=1S/C17H19ClN2O3S/c1-11(21)14-9-13(10-15(18)16(14)22)20(24)17(23)19-8-7-12-5-3-2-4-6-12/h2-6,9-11,21-22,24H,7-8H2,1H3,(H,19,23). The molecule has 2 aromatic rings. The molecule has 0 aromatic heterocycles. The van der Waals surface area contributed by atoms with Crippen molar-refractivity contribution >= 4 is 36.1 Å². The second-order valence-corrected chi connectivity index (χ2v) is 6.13. The monoisotopic (exact) mass is 366 g/mol. The number of aliphatic hydroxyl groups excluding tert-OH is 1. The van der Waals surface area contributed by atoms with Crippen molar-refractivity contribution in [3.63, 3.8) is 0 Å². The van der Waals surface area contributed by atoms with Gasteiger partial charge in [0.1, 0.15) is 5.75 Å². The quantitative estimate of drug-likeness (QED) is 0.610. The zero-order valence-corrected chi connectivity index (χ0v) is 14.8. The van der Waals surface area contributed by atoms with E-state index in [0.717, 1.165) is 9.87 Å². The van der Waals surface area contributed by atoms with Gasteiger partial charge in [0.15, 0.2) is 0 Å². The Kier molecular flexibility index (Phi) is 6.36. The van der Waals surface area contributed by atoms with Crippen LogP contribution in [0, 0.1) is 0 Å². The predicted octanol–water partition coefficient (Wildman–Crippen LogP) is 3.70. The molecule has 128 valence electrons. The zero-order valence-electron chi connectivity index (χ0n) is 13.1. The van der Waals surface area contributed by atoms with Crippen molar-refractivity contribution in [2.45, 2.75) is 19.4 Å². The third kappa shape index (κ3) is 4.56. The Morgan fingerprint density at radius 3 is 2.62 bits per heavy atom. The maximum atomic E-state index is 12.2. The Bertz CT molecular complexity index is 710. The van der Waals surface area contributed by atoms with E-state index in [1.807, 2.05) is 30.3 Å². The van der Waals surface area contributed by atoms with Crippen LogP contribution < -0.4 is 9.62 Å². The molecular formula is C17H19ClN2O3S. The second-order valence-electron chi connectivity index (χ2n) is 5.32. The molecule has 0 aliphatic carbocycles. The van der Waals surface area contributed by atoms with Gasteiger partial charge in [0.2, 0.25) is 0 Å². The normalized spacial score (nSPS) is 11.8. The average Bonchev–Trinajstić information content (AvgIpc) is 2.57. The van der Waals surface area contributed by atoms with Gasteiger partial charge in [-0.3, -0.25) is 0 Å². The van der Waals surface area contributed by atoms with Crippen LogP contribution in [0.2, 0.25) is 5.02 Å². The minimum atomic E-state index is -0.926. The Hall–Kier alpha value is -1.89. The lowest BCUT2D eigenvalue weighted by Gasteiger charge is -2.19. The van der Waals surface area contributed by atoms with Gasteiger partial charge in [0, 0.05) is 12.1 Å². The second kappa shape index (κ2) is 8.28. The molecule has 0 saturated heterocycles. The lowest BCUT2D eigenvalue weighted by atomic mass is 10.1. The van der Waals surface area contributed by atoms with Gasteiger partial charge in [-0.05, 0) is 31.0 Å². The number of aromatic hydroxyl groups is 1. The summed E-state index contributed by atoms with van der Waals surface area (Å²) in [5, 5.41) is 22.3.